The predicted octanol–water partition coefficient (Wildman–Crippen LogP) is 2.33. The molecule has 0 spiro atoms. The van der Waals surface area contributed by atoms with Crippen molar-refractivity contribution in [1.82, 2.24) is 14.8 Å². The van der Waals surface area contributed by atoms with E-state index in [0.29, 0.717) is 49.9 Å². The smallest absolute Gasteiger partial charge is 0.255 e. The summed E-state index contributed by atoms with van der Waals surface area (Å²) in [6.07, 6.45) is 5.89. The molecule has 1 fully saturated rings. The number of carbonyl (C=O) groups excluding carboxylic acids is 2. The van der Waals surface area contributed by atoms with Crippen molar-refractivity contribution < 1.29 is 9.59 Å². The highest BCUT2D eigenvalue weighted by molar-refractivity contribution is 5.94. The molecule has 1 saturated heterocycles. The van der Waals surface area contributed by atoms with Gasteiger partial charge in [0.05, 0.1) is 18.1 Å². The molecule has 2 rings (SSSR count). The Morgan fingerprint density at radius 2 is 2.24 bits per heavy atom. The maximum atomic E-state index is 12.6. The first kappa shape index (κ1) is 18.9. The van der Waals surface area contributed by atoms with Crippen LogP contribution in [0.15, 0.2) is 24.5 Å². The fourth-order valence-electron chi connectivity index (χ4n) is 3.39. The van der Waals surface area contributed by atoms with Crippen molar-refractivity contribution in [3.63, 3.8) is 0 Å². The van der Waals surface area contributed by atoms with Gasteiger partial charge in [0.15, 0.2) is 0 Å². The van der Waals surface area contributed by atoms with Gasteiger partial charge in [0.2, 0.25) is 5.91 Å². The van der Waals surface area contributed by atoms with Crippen molar-refractivity contribution in [2.75, 3.05) is 26.7 Å². The topological polar surface area (TPSA) is 77.3 Å². The molecule has 0 bridgehead atoms. The van der Waals surface area contributed by atoms with Crippen LogP contribution in [0.3, 0.4) is 0 Å². The summed E-state index contributed by atoms with van der Waals surface area (Å²) >= 11 is 0. The van der Waals surface area contributed by atoms with E-state index >= 15 is 0 Å². The summed E-state index contributed by atoms with van der Waals surface area (Å²) in [7, 11) is 1.75. The van der Waals surface area contributed by atoms with E-state index in [1.54, 1.807) is 36.5 Å². The van der Waals surface area contributed by atoms with Gasteiger partial charge in [0, 0.05) is 45.5 Å². The van der Waals surface area contributed by atoms with Crippen molar-refractivity contribution in [1.29, 1.82) is 5.26 Å². The van der Waals surface area contributed by atoms with Gasteiger partial charge in [-0.15, -0.1) is 0 Å². The fourth-order valence-corrected chi connectivity index (χ4v) is 3.39. The largest absolute Gasteiger partial charge is 0.345 e. The zero-order valence-electron chi connectivity index (χ0n) is 15.0. The number of aromatic nitrogens is 1. The van der Waals surface area contributed by atoms with Crippen molar-refractivity contribution in [2.24, 2.45) is 11.8 Å². The first-order valence-electron chi connectivity index (χ1n) is 8.87. The van der Waals surface area contributed by atoms with Crippen molar-refractivity contribution >= 4 is 11.8 Å². The molecule has 134 valence electrons. The molecule has 1 aromatic heterocycles. The fraction of sp³-hybridized carbons (Fsp3) is 0.579. The molecule has 0 saturated carbocycles. The number of piperidine rings is 1. The second-order valence-electron chi connectivity index (χ2n) is 6.64. The highest BCUT2D eigenvalue weighted by Crippen LogP contribution is 2.30. The monoisotopic (exact) mass is 342 g/mol. The van der Waals surface area contributed by atoms with Gasteiger partial charge in [-0.2, -0.15) is 5.26 Å². The normalized spacial score (nSPS) is 20.0. The van der Waals surface area contributed by atoms with Crippen molar-refractivity contribution in [3.8, 4) is 6.07 Å². The maximum Gasteiger partial charge on any atom is 0.255 e. The lowest BCUT2D eigenvalue weighted by molar-refractivity contribution is -0.131. The van der Waals surface area contributed by atoms with Crippen LogP contribution in [-0.4, -0.2) is 53.3 Å². The molecule has 0 aliphatic carbocycles. The Bertz CT molecular complexity index is 626. The van der Waals surface area contributed by atoms with Crippen LogP contribution in [0.25, 0.3) is 0 Å². The Balaban J connectivity index is 1.94. The lowest BCUT2D eigenvalue weighted by Gasteiger charge is -2.38. The number of nitrogens with zero attached hydrogens (tertiary/aromatic N) is 4. The van der Waals surface area contributed by atoms with Gasteiger partial charge in [-0.25, -0.2) is 0 Å². The third-order valence-electron chi connectivity index (χ3n) is 5.03. The van der Waals surface area contributed by atoms with Gasteiger partial charge in [-0.3, -0.25) is 14.6 Å². The second kappa shape index (κ2) is 9.16. The first-order chi connectivity index (χ1) is 12.1. The van der Waals surface area contributed by atoms with Gasteiger partial charge in [-0.05, 0) is 30.4 Å². The lowest BCUT2D eigenvalue weighted by atomic mass is 9.81. The van der Waals surface area contributed by atoms with Crippen LogP contribution < -0.4 is 0 Å². The molecule has 0 N–H and O–H groups in total. The Labute approximate surface area is 149 Å². The average Bonchev–Trinajstić information content (AvgIpc) is 2.66. The molecule has 1 aromatic rings. The number of hydrogen-bond donors (Lipinski definition) is 0. The van der Waals surface area contributed by atoms with E-state index in [9.17, 15) is 9.59 Å². The molecule has 2 atom stereocenters. The van der Waals surface area contributed by atoms with Crippen LogP contribution in [0.2, 0.25) is 0 Å². The van der Waals surface area contributed by atoms with Crippen LogP contribution in [-0.2, 0) is 4.79 Å². The molecule has 0 radical (unpaired) electrons. The SMILES string of the molecule is CC[C@H]1CN(C(=O)c2cccnc2)CC[C@H]1CC(=O)N(C)CCC#N. The van der Waals surface area contributed by atoms with Gasteiger partial charge >= 0.3 is 0 Å². The zero-order chi connectivity index (χ0) is 18.2. The standard InChI is InChI=1S/C19H26N4O2/c1-3-15-14-23(19(25)17-6-4-9-21-13-17)11-7-16(15)12-18(24)22(2)10-5-8-20/h4,6,9,13,15-16H,3,5,7,10-12,14H2,1-2H3/t15-,16-/m0/s1. The molecule has 6 heteroatoms. The van der Waals surface area contributed by atoms with E-state index in [4.69, 9.17) is 5.26 Å². The summed E-state index contributed by atoms with van der Waals surface area (Å²) in [4.78, 5) is 32.5. The van der Waals surface area contributed by atoms with Crippen LogP contribution in [0.1, 0.15) is 43.0 Å². The van der Waals surface area contributed by atoms with Gasteiger partial charge in [0.25, 0.3) is 5.91 Å². The van der Waals surface area contributed by atoms with E-state index in [-0.39, 0.29) is 11.8 Å². The highest BCUT2D eigenvalue weighted by atomic mass is 16.2. The minimum absolute atomic E-state index is 0.0162. The van der Waals surface area contributed by atoms with E-state index in [2.05, 4.69) is 18.0 Å². The molecule has 1 aliphatic rings. The summed E-state index contributed by atoms with van der Waals surface area (Å²) in [6.45, 7) is 3.94. The van der Waals surface area contributed by atoms with Gasteiger partial charge in [0.1, 0.15) is 0 Å². The summed E-state index contributed by atoms with van der Waals surface area (Å²) in [5.41, 5.74) is 0.614. The lowest BCUT2D eigenvalue weighted by Crippen LogP contribution is -2.45. The van der Waals surface area contributed by atoms with E-state index in [0.717, 1.165) is 12.8 Å². The Kier molecular flexibility index (Phi) is 6.93. The molecule has 25 heavy (non-hydrogen) atoms. The third kappa shape index (κ3) is 5.02. The summed E-state index contributed by atoms with van der Waals surface area (Å²) in [5.74, 6) is 0.718. The molecular weight excluding hydrogens is 316 g/mol. The number of carbonyl (C=O) groups is 2. The maximum absolute atomic E-state index is 12.6. The van der Waals surface area contributed by atoms with E-state index in [1.165, 1.54) is 0 Å². The summed E-state index contributed by atoms with van der Waals surface area (Å²) in [5, 5.41) is 8.64. The summed E-state index contributed by atoms with van der Waals surface area (Å²) in [6, 6.07) is 5.63. The van der Waals surface area contributed by atoms with E-state index < -0.39 is 0 Å². The number of hydrogen-bond acceptors (Lipinski definition) is 4. The predicted molar refractivity (Wildman–Crippen MR) is 94.5 cm³/mol. The molecule has 0 unspecified atom stereocenters. The zero-order valence-corrected chi connectivity index (χ0v) is 15.0. The minimum atomic E-state index is 0.0162. The molecule has 1 aliphatic heterocycles. The van der Waals surface area contributed by atoms with Crippen LogP contribution >= 0.6 is 0 Å². The Hall–Kier alpha value is -2.42. The molecular formula is C19H26N4O2. The minimum Gasteiger partial charge on any atom is -0.345 e. The molecule has 2 amide bonds. The van der Waals surface area contributed by atoms with E-state index in [1.807, 2.05) is 4.90 Å². The third-order valence-corrected chi connectivity index (χ3v) is 5.03. The quantitative estimate of drug-likeness (QED) is 0.795. The van der Waals surface area contributed by atoms with Crippen LogP contribution in [0.5, 0.6) is 0 Å². The number of rotatable bonds is 6. The number of likely N-dealkylation sites (tertiary alicyclic amines) is 1. The van der Waals surface area contributed by atoms with Gasteiger partial charge < -0.3 is 9.80 Å². The second-order valence-corrected chi connectivity index (χ2v) is 6.64. The molecule has 2 heterocycles. The average molecular weight is 342 g/mol. The Morgan fingerprint density at radius 3 is 2.88 bits per heavy atom. The number of pyridine rings is 1. The van der Waals surface area contributed by atoms with Gasteiger partial charge in [-0.1, -0.05) is 13.3 Å². The number of nitriles is 1. The first-order valence-corrected chi connectivity index (χ1v) is 8.87. The Morgan fingerprint density at radius 1 is 1.44 bits per heavy atom. The summed E-state index contributed by atoms with van der Waals surface area (Å²) < 4.78 is 0. The van der Waals surface area contributed by atoms with Crippen molar-refractivity contribution in [2.45, 2.75) is 32.6 Å². The highest BCUT2D eigenvalue weighted by Gasteiger charge is 2.32. The van der Waals surface area contributed by atoms with Crippen LogP contribution in [0, 0.1) is 23.2 Å². The van der Waals surface area contributed by atoms with Crippen LogP contribution in [0.4, 0.5) is 0 Å². The molecule has 6 nitrogen and oxygen atoms in total. The molecule has 0 aromatic carbocycles. The number of amides is 2. The van der Waals surface area contributed by atoms with Crippen molar-refractivity contribution in [3.05, 3.63) is 30.1 Å².